The average molecular weight is 285 g/mol. The lowest BCUT2D eigenvalue weighted by Gasteiger charge is -2.24. The maximum Gasteiger partial charge on any atom is 0.257 e. The second-order valence-electron chi connectivity index (χ2n) is 5.48. The third-order valence-corrected chi connectivity index (χ3v) is 4.05. The maximum atomic E-state index is 12.5. The summed E-state index contributed by atoms with van der Waals surface area (Å²) in [7, 11) is 1.86. The highest BCUT2D eigenvalue weighted by atomic mass is 35.5. The number of hydrogen-bond donors (Lipinski definition) is 1. The summed E-state index contributed by atoms with van der Waals surface area (Å²) >= 11 is 0. The van der Waals surface area contributed by atoms with Gasteiger partial charge in [0.1, 0.15) is 0 Å². The Morgan fingerprint density at radius 2 is 2.11 bits per heavy atom. The van der Waals surface area contributed by atoms with Gasteiger partial charge in [0.25, 0.3) is 5.91 Å². The predicted octanol–water partition coefficient (Wildman–Crippen LogP) is 1.12. The lowest BCUT2D eigenvalue weighted by molar-refractivity contribution is 0.0747. The second-order valence-corrected chi connectivity index (χ2v) is 5.48. The van der Waals surface area contributed by atoms with E-state index in [1.54, 1.807) is 4.68 Å². The summed E-state index contributed by atoms with van der Waals surface area (Å²) in [5, 5.41) is 7.85. The van der Waals surface area contributed by atoms with Crippen molar-refractivity contribution in [3.63, 3.8) is 0 Å². The number of nitrogens with one attached hydrogen (secondary N) is 1. The Morgan fingerprint density at radius 1 is 1.37 bits per heavy atom. The Balaban J connectivity index is 0.00000133. The van der Waals surface area contributed by atoms with Crippen LogP contribution in [0.25, 0.3) is 0 Å². The van der Waals surface area contributed by atoms with Crippen molar-refractivity contribution >= 4 is 18.3 Å². The van der Waals surface area contributed by atoms with Crippen molar-refractivity contribution in [3.05, 3.63) is 17.5 Å². The normalized spacial score (nSPS) is 25.9. The summed E-state index contributed by atoms with van der Waals surface area (Å²) < 4.78 is 1.71. The number of hydrogen-bond acceptors (Lipinski definition) is 3. The minimum absolute atomic E-state index is 0. The Hall–Kier alpha value is -1.07. The van der Waals surface area contributed by atoms with Crippen LogP contribution >= 0.6 is 12.4 Å². The molecule has 1 aromatic rings. The molecule has 3 heterocycles. The summed E-state index contributed by atoms with van der Waals surface area (Å²) in [4.78, 5) is 14.5. The minimum Gasteiger partial charge on any atom is -0.337 e. The smallest absolute Gasteiger partial charge is 0.257 e. The Labute approximate surface area is 119 Å². The molecule has 5 nitrogen and oxygen atoms in total. The van der Waals surface area contributed by atoms with Crippen LogP contribution in [-0.2, 0) is 7.05 Å². The van der Waals surface area contributed by atoms with Crippen molar-refractivity contribution < 1.29 is 4.79 Å². The van der Waals surface area contributed by atoms with Gasteiger partial charge in [0.2, 0.25) is 0 Å². The van der Waals surface area contributed by atoms with Gasteiger partial charge in [-0.25, -0.2) is 0 Å². The van der Waals surface area contributed by atoms with Crippen LogP contribution < -0.4 is 5.32 Å². The summed E-state index contributed by atoms with van der Waals surface area (Å²) in [6, 6.07) is 1.10. The highest BCUT2D eigenvalue weighted by Crippen LogP contribution is 2.22. The molecule has 6 heteroatoms. The van der Waals surface area contributed by atoms with Crippen LogP contribution in [0.15, 0.2) is 6.20 Å². The van der Waals surface area contributed by atoms with E-state index in [9.17, 15) is 4.79 Å². The molecular formula is C13H21ClN4O. The van der Waals surface area contributed by atoms with Gasteiger partial charge in [-0.1, -0.05) is 0 Å². The van der Waals surface area contributed by atoms with E-state index >= 15 is 0 Å². The van der Waals surface area contributed by atoms with E-state index in [0.717, 1.165) is 30.8 Å². The molecule has 1 aromatic heterocycles. The van der Waals surface area contributed by atoms with Crippen molar-refractivity contribution in [2.24, 2.45) is 7.05 Å². The third-order valence-electron chi connectivity index (χ3n) is 4.05. The van der Waals surface area contributed by atoms with E-state index in [2.05, 4.69) is 10.4 Å². The lowest BCUT2D eigenvalue weighted by Crippen LogP contribution is -2.39. The van der Waals surface area contributed by atoms with E-state index in [1.165, 1.54) is 12.8 Å². The van der Waals surface area contributed by atoms with E-state index in [0.29, 0.717) is 12.1 Å². The monoisotopic (exact) mass is 284 g/mol. The van der Waals surface area contributed by atoms with E-state index < -0.39 is 0 Å². The highest BCUT2D eigenvalue weighted by molar-refractivity contribution is 5.95. The highest BCUT2D eigenvalue weighted by Gasteiger charge is 2.32. The van der Waals surface area contributed by atoms with E-state index in [-0.39, 0.29) is 18.3 Å². The van der Waals surface area contributed by atoms with Crippen molar-refractivity contribution in [1.82, 2.24) is 20.0 Å². The summed E-state index contributed by atoms with van der Waals surface area (Å²) in [5.41, 5.74) is 1.57. The number of carbonyl (C=O) groups excluding carboxylic acids is 1. The zero-order valence-electron chi connectivity index (χ0n) is 11.4. The molecule has 3 rings (SSSR count). The Bertz CT molecular complexity index is 473. The van der Waals surface area contributed by atoms with Crippen molar-refractivity contribution in [1.29, 1.82) is 0 Å². The number of carbonyl (C=O) groups is 1. The van der Waals surface area contributed by atoms with Gasteiger partial charge in [-0.3, -0.25) is 9.48 Å². The standard InChI is InChI=1S/C13H20N4O.ClH/c1-9-12(8-16(2)15-9)13(18)17-6-5-10-3-4-11(7-17)14-10;/h8,10-11,14H,3-7H2,1-2H3;1H. The van der Waals surface area contributed by atoms with Gasteiger partial charge < -0.3 is 10.2 Å². The summed E-state index contributed by atoms with van der Waals surface area (Å²) in [6.45, 7) is 3.60. The van der Waals surface area contributed by atoms with Crippen LogP contribution in [0.5, 0.6) is 0 Å². The molecule has 0 saturated carbocycles. The number of aromatic nitrogens is 2. The molecule has 0 aliphatic carbocycles. The van der Waals surface area contributed by atoms with E-state index in [4.69, 9.17) is 0 Å². The first-order chi connectivity index (χ1) is 8.63. The molecule has 2 aliphatic heterocycles. The molecule has 2 saturated heterocycles. The van der Waals surface area contributed by atoms with Crippen LogP contribution in [0.1, 0.15) is 35.3 Å². The number of aryl methyl sites for hydroxylation is 2. The molecule has 0 aromatic carbocycles. The SMILES string of the molecule is Cc1nn(C)cc1C(=O)N1CCC2CCC(C1)N2.Cl. The van der Waals surface area contributed by atoms with Gasteiger partial charge in [-0.05, 0) is 26.2 Å². The first-order valence-electron chi connectivity index (χ1n) is 6.69. The topological polar surface area (TPSA) is 50.2 Å². The lowest BCUT2D eigenvalue weighted by atomic mass is 10.1. The molecule has 2 bridgehead atoms. The van der Waals surface area contributed by atoms with Gasteiger partial charge in [-0.15, -0.1) is 12.4 Å². The van der Waals surface area contributed by atoms with Gasteiger partial charge in [-0.2, -0.15) is 5.10 Å². The number of likely N-dealkylation sites (tertiary alicyclic amines) is 1. The van der Waals surface area contributed by atoms with Crippen molar-refractivity contribution in [2.75, 3.05) is 13.1 Å². The fourth-order valence-corrected chi connectivity index (χ4v) is 3.11. The van der Waals surface area contributed by atoms with Gasteiger partial charge in [0.05, 0.1) is 11.3 Å². The van der Waals surface area contributed by atoms with Crippen LogP contribution in [0.2, 0.25) is 0 Å². The van der Waals surface area contributed by atoms with Gasteiger partial charge >= 0.3 is 0 Å². The predicted molar refractivity (Wildman–Crippen MR) is 75.7 cm³/mol. The minimum atomic E-state index is 0. The molecular weight excluding hydrogens is 264 g/mol. The fourth-order valence-electron chi connectivity index (χ4n) is 3.11. The van der Waals surface area contributed by atoms with E-state index in [1.807, 2.05) is 25.1 Å². The molecule has 2 unspecified atom stereocenters. The molecule has 2 atom stereocenters. The van der Waals surface area contributed by atoms with Gasteiger partial charge in [0.15, 0.2) is 0 Å². The molecule has 0 spiro atoms. The number of nitrogens with zero attached hydrogens (tertiary/aromatic N) is 3. The van der Waals surface area contributed by atoms with Gasteiger partial charge in [0, 0.05) is 38.4 Å². The number of rotatable bonds is 1. The van der Waals surface area contributed by atoms with Crippen LogP contribution in [-0.4, -0.2) is 45.8 Å². The second kappa shape index (κ2) is 5.51. The first-order valence-corrected chi connectivity index (χ1v) is 6.69. The molecule has 0 radical (unpaired) electrons. The molecule has 1 amide bonds. The van der Waals surface area contributed by atoms with Crippen LogP contribution in [0.3, 0.4) is 0 Å². The molecule has 1 N–H and O–H groups in total. The fraction of sp³-hybridized carbons (Fsp3) is 0.692. The Kier molecular flexibility index (Phi) is 4.16. The molecule has 19 heavy (non-hydrogen) atoms. The Morgan fingerprint density at radius 3 is 2.79 bits per heavy atom. The van der Waals surface area contributed by atoms with Crippen LogP contribution in [0, 0.1) is 6.92 Å². The molecule has 106 valence electrons. The van der Waals surface area contributed by atoms with Crippen molar-refractivity contribution in [3.8, 4) is 0 Å². The molecule has 2 fully saturated rings. The molecule has 2 aliphatic rings. The van der Waals surface area contributed by atoms with Crippen molar-refractivity contribution in [2.45, 2.75) is 38.3 Å². The largest absolute Gasteiger partial charge is 0.337 e. The zero-order valence-corrected chi connectivity index (χ0v) is 12.2. The third kappa shape index (κ3) is 2.77. The number of halogens is 1. The summed E-state index contributed by atoms with van der Waals surface area (Å²) in [6.07, 6.45) is 5.36. The van der Waals surface area contributed by atoms with Crippen LogP contribution in [0.4, 0.5) is 0 Å². The average Bonchev–Trinajstić information content (AvgIpc) is 2.81. The summed E-state index contributed by atoms with van der Waals surface area (Å²) in [5.74, 6) is 0.134. The quantitative estimate of drug-likeness (QED) is 0.841. The number of fused-ring (bicyclic) bond motifs is 2. The number of amides is 1. The zero-order chi connectivity index (χ0) is 12.7. The first kappa shape index (κ1) is 14.3. The maximum absolute atomic E-state index is 12.5.